The van der Waals surface area contributed by atoms with Gasteiger partial charge in [-0.15, -0.1) is 0 Å². The molecule has 2 aromatic rings. The highest BCUT2D eigenvalue weighted by atomic mass is 32.2. The maximum absolute atomic E-state index is 14.5. The van der Waals surface area contributed by atoms with Crippen molar-refractivity contribution in [2.24, 2.45) is 11.1 Å². The Morgan fingerprint density at radius 2 is 1.55 bits per heavy atom. The molecule has 2 aromatic carbocycles. The maximum Gasteiger partial charge on any atom is 0.239 e. The second kappa shape index (κ2) is 8.86. The fraction of sp³-hybridized carbons (Fsp3) is 0.286. The van der Waals surface area contributed by atoms with Gasteiger partial charge in [-0.25, -0.2) is 30.8 Å². The van der Waals surface area contributed by atoms with Gasteiger partial charge >= 0.3 is 0 Å². The van der Waals surface area contributed by atoms with Gasteiger partial charge in [-0.3, -0.25) is 4.79 Å². The standard InChI is InChI=1S/C21H19F2NO5S2/c22-16-11-15(10-9-14-5-1-2-6-14)12-17(23)21(16)18(25)13-30(26,27)19-7-3-4-8-20(19)31(24,28)29/h3-4,7-8,11-12,14H,1-2,5-6,13H2,(H2,24,28,29). The van der Waals surface area contributed by atoms with Gasteiger partial charge in [0.1, 0.15) is 22.3 Å². The Kier molecular flexibility index (Phi) is 6.59. The number of sulfonamides is 1. The van der Waals surface area contributed by atoms with Crippen LogP contribution in [0, 0.1) is 29.4 Å². The van der Waals surface area contributed by atoms with E-state index in [0.29, 0.717) is 0 Å². The van der Waals surface area contributed by atoms with E-state index in [2.05, 4.69) is 11.8 Å². The van der Waals surface area contributed by atoms with E-state index in [9.17, 15) is 30.4 Å². The Morgan fingerprint density at radius 1 is 1.00 bits per heavy atom. The lowest BCUT2D eigenvalue weighted by atomic mass is 10.1. The smallest absolute Gasteiger partial charge is 0.239 e. The number of hydrogen-bond acceptors (Lipinski definition) is 5. The predicted octanol–water partition coefficient (Wildman–Crippen LogP) is 2.81. The van der Waals surface area contributed by atoms with Gasteiger partial charge in [-0.1, -0.05) is 36.8 Å². The van der Waals surface area contributed by atoms with Crippen LogP contribution in [-0.2, 0) is 19.9 Å². The SMILES string of the molecule is NS(=O)(=O)c1ccccc1S(=O)(=O)CC(=O)c1c(F)cc(C#CC2CCCC2)cc1F. The van der Waals surface area contributed by atoms with Crippen LogP contribution in [0.15, 0.2) is 46.2 Å². The molecule has 0 bridgehead atoms. The van der Waals surface area contributed by atoms with Crippen molar-refractivity contribution in [3.8, 4) is 11.8 Å². The Hall–Kier alpha value is -2.61. The Morgan fingerprint density at radius 3 is 2.10 bits per heavy atom. The summed E-state index contributed by atoms with van der Waals surface area (Å²) >= 11 is 0. The highest BCUT2D eigenvalue weighted by Gasteiger charge is 2.29. The van der Waals surface area contributed by atoms with Crippen molar-refractivity contribution in [2.75, 3.05) is 5.75 Å². The number of hydrogen-bond donors (Lipinski definition) is 1. The first-order valence-corrected chi connectivity index (χ1v) is 12.6. The normalized spacial score (nSPS) is 14.8. The molecule has 164 valence electrons. The quantitative estimate of drug-likeness (QED) is 0.537. The van der Waals surface area contributed by atoms with E-state index in [1.54, 1.807) is 0 Å². The lowest BCUT2D eigenvalue weighted by Gasteiger charge is -2.09. The molecule has 3 rings (SSSR count). The van der Waals surface area contributed by atoms with Gasteiger partial charge < -0.3 is 0 Å². The molecule has 0 atom stereocenters. The third kappa shape index (κ3) is 5.36. The van der Waals surface area contributed by atoms with Crippen LogP contribution >= 0.6 is 0 Å². The molecule has 31 heavy (non-hydrogen) atoms. The molecule has 0 amide bonds. The van der Waals surface area contributed by atoms with Gasteiger partial charge in [-0.2, -0.15) is 0 Å². The number of sulfone groups is 1. The zero-order valence-electron chi connectivity index (χ0n) is 16.3. The van der Waals surface area contributed by atoms with E-state index >= 15 is 0 Å². The summed E-state index contributed by atoms with van der Waals surface area (Å²) in [5.74, 6) is 0.639. The van der Waals surface area contributed by atoms with Crippen LogP contribution in [0.3, 0.4) is 0 Å². The van der Waals surface area contributed by atoms with Crippen molar-refractivity contribution in [2.45, 2.75) is 35.5 Å². The first-order valence-electron chi connectivity index (χ1n) is 9.37. The van der Waals surface area contributed by atoms with Crippen molar-refractivity contribution >= 4 is 25.6 Å². The van der Waals surface area contributed by atoms with Crippen LogP contribution in [0.5, 0.6) is 0 Å². The molecule has 0 heterocycles. The molecule has 6 nitrogen and oxygen atoms in total. The lowest BCUT2D eigenvalue weighted by molar-refractivity contribution is 0.101. The zero-order chi connectivity index (χ0) is 22.8. The number of carbonyl (C=O) groups is 1. The van der Waals surface area contributed by atoms with Gasteiger partial charge in [0.2, 0.25) is 10.0 Å². The minimum atomic E-state index is -4.56. The molecular weight excluding hydrogens is 448 g/mol. The van der Waals surface area contributed by atoms with Crippen molar-refractivity contribution in [3.63, 3.8) is 0 Å². The third-order valence-corrected chi connectivity index (χ3v) is 7.68. The number of halogens is 2. The monoisotopic (exact) mass is 467 g/mol. The number of Topliss-reactive ketones (excluding diaryl/α,β-unsaturated/α-hetero) is 1. The summed E-state index contributed by atoms with van der Waals surface area (Å²) in [6.07, 6.45) is 3.95. The second-order valence-corrected chi connectivity index (χ2v) is 10.7. The first kappa shape index (κ1) is 23.1. The van der Waals surface area contributed by atoms with Crippen LogP contribution < -0.4 is 5.14 Å². The Balaban J connectivity index is 1.90. The minimum absolute atomic E-state index is 0.0425. The average Bonchev–Trinajstić information content (AvgIpc) is 3.18. The Bertz CT molecular complexity index is 1280. The van der Waals surface area contributed by atoms with Crippen LogP contribution in [0.2, 0.25) is 0 Å². The van der Waals surface area contributed by atoms with Crippen molar-refractivity contribution in [1.82, 2.24) is 0 Å². The number of carbonyl (C=O) groups excluding carboxylic acids is 1. The molecule has 2 N–H and O–H groups in total. The maximum atomic E-state index is 14.5. The van der Waals surface area contributed by atoms with Gasteiger partial charge in [0.15, 0.2) is 15.6 Å². The highest BCUT2D eigenvalue weighted by Crippen LogP contribution is 2.25. The molecule has 1 fully saturated rings. The van der Waals surface area contributed by atoms with Crippen molar-refractivity contribution in [1.29, 1.82) is 0 Å². The van der Waals surface area contributed by atoms with E-state index < -0.39 is 58.4 Å². The van der Waals surface area contributed by atoms with E-state index in [1.165, 1.54) is 12.1 Å². The predicted molar refractivity (Wildman–Crippen MR) is 109 cm³/mol. The largest absolute Gasteiger partial charge is 0.293 e. The number of ketones is 1. The lowest BCUT2D eigenvalue weighted by Crippen LogP contribution is -2.22. The molecule has 0 radical (unpaired) electrons. The number of rotatable bonds is 5. The summed E-state index contributed by atoms with van der Waals surface area (Å²) < 4.78 is 77.5. The summed E-state index contributed by atoms with van der Waals surface area (Å²) in [4.78, 5) is 11.0. The van der Waals surface area contributed by atoms with Crippen LogP contribution in [0.4, 0.5) is 8.78 Å². The van der Waals surface area contributed by atoms with Gasteiger partial charge in [0.25, 0.3) is 0 Å². The molecule has 1 aliphatic rings. The molecule has 10 heteroatoms. The van der Waals surface area contributed by atoms with Crippen molar-refractivity contribution in [3.05, 3.63) is 59.2 Å². The minimum Gasteiger partial charge on any atom is -0.293 e. The van der Waals surface area contributed by atoms with E-state index in [-0.39, 0.29) is 11.5 Å². The van der Waals surface area contributed by atoms with E-state index in [0.717, 1.165) is 49.9 Å². The molecule has 0 aliphatic heterocycles. The zero-order valence-corrected chi connectivity index (χ0v) is 17.9. The topological polar surface area (TPSA) is 111 Å². The molecule has 0 spiro atoms. The van der Waals surface area contributed by atoms with Gasteiger partial charge in [0, 0.05) is 11.5 Å². The first-order chi connectivity index (χ1) is 14.5. The van der Waals surface area contributed by atoms with Gasteiger partial charge in [-0.05, 0) is 37.1 Å². The fourth-order valence-corrected chi connectivity index (χ4v) is 6.08. The van der Waals surface area contributed by atoms with Crippen LogP contribution in [-0.4, -0.2) is 28.4 Å². The third-order valence-electron chi connectivity index (χ3n) is 4.91. The molecule has 0 saturated heterocycles. The molecule has 1 saturated carbocycles. The van der Waals surface area contributed by atoms with Crippen molar-refractivity contribution < 1.29 is 30.4 Å². The van der Waals surface area contributed by atoms with Crippen LogP contribution in [0.25, 0.3) is 0 Å². The molecule has 0 aromatic heterocycles. The average molecular weight is 468 g/mol. The Labute approximate surface area is 179 Å². The van der Waals surface area contributed by atoms with Crippen LogP contribution in [0.1, 0.15) is 41.6 Å². The highest BCUT2D eigenvalue weighted by molar-refractivity contribution is 7.94. The summed E-state index contributed by atoms with van der Waals surface area (Å²) in [6.45, 7) is 0. The summed E-state index contributed by atoms with van der Waals surface area (Å²) in [5.41, 5.74) is -0.982. The number of nitrogens with two attached hydrogens (primary N) is 1. The molecule has 0 unspecified atom stereocenters. The molecular formula is C21H19F2NO5S2. The summed E-state index contributed by atoms with van der Waals surface area (Å²) in [6, 6.07) is 6.17. The fourth-order valence-electron chi connectivity index (χ4n) is 3.43. The summed E-state index contributed by atoms with van der Waals surface area (Å²) in [5, 5.41) is 5.02. The second-order valence-electron chi connectivity index (χ2n) is 7.24. The van der Waals surface area contributed by atoms with Gasteiger partial charge in [0.05, 0.1) is 10.5 Å². The molecule has 1 aliphatic carbocycles. The number of primary sulfonamides is 1. The van der Waals surface area contributed by atoms with E-state index in [4.69, 9.17) is 5.14 Å². The number of benzene rings is 2. The van der Waals surface area contributed by atoms with E-state index in [1.807, 2.05) is 0 Å². The summed E-state index contributed by atoms with van der Waals surface area (Å²) in [7, 11) is -8.96.